The van der Waals surface area contributed by atoms with Crippen molar-refractivity contribution >= 4 is 5.97 Å². The van der Waals surface area contributed by atoms with Crippen LogP contribution in [0.2, 0.25) is 0 Å². The van der Waals surface area contributed by atoms with Gasteiger partial charge in [-0.1, -0.05) is 48.5 Å². The lowest BCUT2D eigenvalue weighted by atomic mass is 9.90. The van der Waals surface area contributed by atoms with Crippen LogP contribution in [0.5, 0.6) is 5.75 Å². The molecular formula is C17H19NO4. The third kappa shape index (κ3) is 3.84. The van der Waals surface area contributed by atoms with E-state index in [4.69, 9.17) is 15.1 Å². The third-order valence-corrected chi connectivity index (χ3v) is 3.40. The maximum atomic E-state index is 10.7. The van der Waals surface area contributed by atoms with Gasteiger partial charge in [0.15, 0.2) is 5.75 Å². The van der Waals surface area contributed by atoms with Crippen molar-refractivity contribution in [2.24, 2.45) is 0 Å². The zero-order chi connectivity index (χ0) is 16.0. The third-order valence-electron chi connectivity index (χ3n) is 3.40. The summed E-state index contributed by atoms with van der Waals surface area (Å²) in [6.07, 6.45) is 0.00398. The predicted molar refractivity (Wildman–Crippen MR) is 82.2 cm³/mol. The Morgan fingerprint density at radius 2 is 1.77 bits per heavy atom. The number of fused-ring (bicyclic) bond motifs is 1. The molecule has 0 spiro atoms. The largest absolute Gasteiger partial charge is 0.481 e. The van der Waals surface area contributed by atoms with Gasteiger partial charge in [-0.15, -0.1) is 5.48 Å². The molecule has 0 saturated carbocycles. The minimum absolute atomic E-state index is 0.00398. The van der Waals surface area contributed by atoms with Crippen molar-refractivity contribution in [3.8, 4) is 5.75 Å². The Labute approximate surface area is 129 Å². The van der Waals surface area contributed by atoms with Crippen molar-refractivity contribution in [3.63, 3.8) is 0 Å². The maximum absolute atomic E-state index is 10.7. The van der Waals surface area contributed by atoms with E-state index in [0.29, 0.717) is 5.75 Å². The van der Waals surface area contributed by atoms with Crippen LogP contribution in [-0.2, 0) is 16.9 Å². The average Bonchev–Trinajstić information content (AvgIpc) is 2.85. The standard InChI is InChI=1S/C10H11NO3.C7H8O/c1-10(6-9(12)13)7-4-2-3-5-8(7)14-11-10;8-6-7-4-2-1-3-5-7/h2-5,11H,6H2,1H3,(H,12,13);1-5,8H,6H2. The fourth-order valence-corrected chi connectivity index (χ4v) is 2.25. The number of carboxylic acids is 1. The van der Waals surface area contributed by atoms with E-state index in [1.54, 1.807) is 0 Å². The number of carbonyl (C=O) groups is 1. The number of nitrogens with one attached hydrogen (secondary N) is 1. The van der Waals surface area contributed by atoms with Crippen molar-refractivity contribution in [1.29, 1.82) is 0 Å². The van der Waals surface area contributed by atoms with Gasteiger partial charge in [-0.05, 0) is 18.6 Å². The summed E-state index contributed by atoms with van der Waals surface area (Å²) in [6, 6.07) is 16.9. The van der Waals surface area contributed by atoms with Gasteiger partial charge in [0.05, 0.1) is 18.6 Å². The van der Waals surface area contributed by atoms with Crippen LogP contribution in [0.3, 0.4) is 0 Å². The Morgan fingerprint density at radius 1 is 1.14 bits per heavy atom. The lowest BCUT2D eigenvalue weighted by Gasteiger charge is -2.20. The smallest absolute Gasteiger partial charge is 0.305 e. The summed E-state index contributed by atoms with van der Waals surface area (Å²) in [7, 11) is 0. The highest BCUT2D eigenvalue weighted by Crippen LogP contribution is 2.37. The van der Waals surface area contributed by atoms with E-state index in [1.807, 2.05) is 61.5 Å². The van der Waals surface area contributed by atoms with E-state index in [-0.39, 0.29) is 13.0 Å². The number of hydroxylamine groups is 1. The summed E-state index contributed by atoms with van der Waals surface area (Å²) in [4.78, 5) is 15.9. The van der Waals surface area contributed by atoms with Crippen molar-refractivity contribution in [1.82, 2.24) is 5.48 Å². The second-order valence-electron chi connectivity index (χ2n) is 5.25. The molecule has 0 radical (unpaired) electrons. The molecule has 116 valence electrons. The van der Waals surface area contributed by atoms with Crippen LogP contribution in [0, 0.1) is 0 Å². The highest BCUT2D eigenvalue weighted by atomic mass is 16.7. The van der Waals surface area contributed by atoms with Gasteiger partial charge in [0.2, 0.25) is 0 Å². The van der Waals surface area contributed by atoms with E-state index in [0.717, 1.165) is 11.1 Å². The van der Waals surface area contributed by atoms with E-state index < -0.39 is 11.5 Å². The highest BCUT2D eigenvalue weighted by Gasteiger charge is 2.37. The molecular weight excluding hydrogens is 282 g/mol. The monoisotopic (exact) mass is 301 g/mol. The van der Waals surface area contributed by atoms with E-state index in [2.05, 4.69) is 5.48 Å². The number of hydrogen-bond donors (Lipinski definition) is 3. The molecule has 2 aromatic carbocycles. The summed E-state index contributed by atoms with van der Waals surface area (Å²) >= 11 is 0. The molecule has 0 aliphatic carbocycles. The molecule has 22 heavy (non-hydrogen) atoms. The lowest BCUT2D eigenvalue weighted by Crippen LogP contribution is -2.37. The molecule has 0 saturated heterocycles. The zero-order valence-electron chi connectivity index (χ0n) is 12.3. The molecule has 5 heteroatoms. The molecule has 5 nitrogen and oxygen atoms in total. The van der Waals surface area contributed by atoms with Crippen molar-refractivity contribution < 1.29 is 19.8 Å². The quantitative estimate of drug-likeness (QED) is 0.811. The topological polar surface area (TPSA) is 78.8 Å². The predicted octanol–water partition coefficient (Wildman–Crippen LogP) is 2.45. The number of aliphatic carboxylic acids is 1. The van der Waals surface area contributed by atoms with Crippen molar-refractivity contribution in [2.75, 3.05) is 0 Å². The minimum atomic E-state index is -0.847. The van der Waals surface area contributed by atoms with Gasteiger partial charge in [-0.25, -0.2) is 0 Å². The second kappa shape index (κ2) is 7.06. The van der Waals surface area contributed by atoms with Crippen LogP contribution in [0.4, 0.5) is 0 Å². The molecule has 1 aliphatic heterocycles. The Balaban J connectivity index is 0.000000188. The van der Waals surface area contributed by atoms with Crippen molar-refractivity contribution in [3.05, 3.63) is 65.7 Å². The van der Waals surface area contributed by atoms with Gasteiger partial charge in [0, 0.05) is 5.56 Å². The summed E-state index contributed by atoms with van der Waals surface area (Å²) in [5.74, 6) is -0.142. The normalized spacial score (nSPS) is 18.6. The molecule has 0 amide bonds. The van der Waals surface area contributed by atoms with Gasteiger partial charge in [0.25, 0.3) is 0 Å². The van der Waals surface area contributed by atoms with Crippen LogP contribution < -0.4 is 10.3 Å². The SMILES string of the molecule is CC1(CC(=O)O)NOc2ccccc21.OCc1ccccc1. The Bertz CT molecular complexity index is 630. The molecule has 1 unspecified atom stereocenters. The van der Waals surface area contributed by atoms with Gasteiger partial charge < -0.3 is 15.1 Å². The second-order valence-corrected chi connectivity index (χ2v) is 5.25. The lowest BCUT2D eigenvalue weighted by molar-refractivity contribution is -0.139. The fraction of sp³-hybridized carbons (Fsp3) is 0.235. The number of para-hydroxylation sites is 1. The minimum Gasteiger partial charge on any atom is -0.481 e. The molecule has 3 N–H and O–H groups in total. The molecule has 2 aromatic rings. The fourth-order valence-electron chi connectivity index (χ4n) is 2.25. The van der Waals surface area contributed by atoms with E-state index >= 15 is 0 Å². The van der Waals surface area contributed by atoms with E-state index in [9.17, 15) is 4.79 Å². The molecule has 1 heterocycles. The number of rotatable bonds is 3. The Kier molecular flexibility index (Phi) is 5.14. The molecule has 1 aliphatic rings. The van der Waals surface area contributed by atoms with Crippen LogP contribution >= 0.6 is 0 Å². The molecule has 0 bridgehead atoms. The highest BCUT2D eigenvalue weighted by molar-refractivity contribution is 5.69. The average molecular weight is 301 g/mol. The number of hydrogen-bond acceptors (Lipinski definition) is 4. The zero-order valence-corrected chi connectivity index (χ0v) is 12.3. The summed E-state index contributed by atoms with van der Waals surface area (Å²) < 4.78 is 0. The van der Waals surface area contributed by atoms with E-state index in [1.165, 1.54) is 0 Å². The Morgan fingerprint density at radius 3 is 2.36 bits per heavy atom. The number of carboxylic acid groups (broad SMARTS) is 1. The summed E-state index contributed by atoms with van der Waals surface area (Å²) in [6.45, 7) is 1.95. The number of aliphatic hydroxyl groups is 1. The van der Waals surface area contributed by atoms with Crippen LogP contribution in [0.15, 0.2) is 54.6 Å². The Hall–Kier alpha value is -2.37. The molecule has 1 atom stereocenters. The maximum Gasteiger partial charge on any atom is 0.305 e. The van der Waals surface area contributed by atoms with Gasteiger partial charge in [-0.2, -0.15) is 0 Å². The van der Waals surface area contributed by atoms with Crippen LogP contribution in [0.25, 0.3) is 0 Å². The first-order chi connectivity index (χ1) is 10.5. The summed E-state index contributed by atoms with van der Waals surface area (Å²) in [5.41, 5.74) is 3.98. The van der Waals surface area contributed by atoms with Gasteiger partial charge in [0.1, 0.15) is 0 Å². The van der Waals surface area contributed by atoms with Crippen LogP contribution in [-0.4, -0.2) is 16.2 Å². The summed E-state index contributed by atoms with van der Waals surface area (Å²) in [5, 5.41) is 17.3. The first kappa shape index (κ1) is 16.0. The first-order valence-electron chi connectivity index (χ1n) is 6.95. The van der Waals surface area contributed by atoms with Crippen molar-refractivity contribution in [2.45, 2.75) is 25.5 Å². The number of benzene rings is 2. The van der Waals surface area contributed by atoms with Crippen LogP contribution in [0.1, 0.15) is 24.5 Å². The molecule has 0 fully saturated rings. The number of aliphatic hydroxyl groups excluding tert-OH is 1. The van der Waals surface area contributed by atoms with Gasteiger partial charge >= 0.3 is 5.97 Å². The van der Waals surface area contributed by atoms with Gasteiger partial charge in [-0.3, -0.25) is 4.79 Å². The molecule has 0 aromatic heterocycles. The first-order valence-corrected chi connectivity index (χ1v) is 6.95. The molecule has 3 rings (SSSR count).